The Labute approximate surface area is 103 Å². The highest BCUT2D eigenvalue weighted by Gasteiger charge is 2.25. The van der Waals surface area contributed by atoms with E-state index in [1.165, 1.54) is 15.7 Å². The maximum atomic E-state index is 12.2. The van der Waals surface area contributed by atoms with E-state index in [1.54, 1.807) is 24.3 Å². The number of benzene rings is 1. The first-order valence-corrected chi connectivity index (χ1v) is 6.93. The van der Waals surface area contributed by atoms with Crippen molar-refractivity contribution in [3.63, 3.8) is 0 Å². The number of hydrogen-bond donors (Lipinski definition) is 1. The first-order valence-electron chi connectivity index (χ1n) is 5.53. The molecule has 1 aromatic rings. The summed E-state index contributed by atoms with van der Waals surface area (Å²) in [5.41, 5.74) is 6.73. The van der Waals surface area contributed by atoms with Gasteiger partial charge >= 0.3 is 10.2 Å². The molecular weight excluding hydrogens is 238 g/mol. The van der Waals surface area contributed by atoms with Crippen LogP contribution in [0.5, 0.6) is 0 Å². The summed E-state index contributed by atoms with van der Waals surface area (Å²) in [4.78, 5) is 0. The lowest BCUT2D eigenvalue weighted by molar-refractivity contribution is 0.444. The van der Waals surface area contributed by atoms with E-state index in [9.17, 15) is 8.42 Å². The summed E-state index contributed by atoms with van der Waals surface area (Å²) in [7, 11) is -1.98. The van der Waals surface area contributed by atoms with Crippen LogP contribution in [0, 0.1) is 0 Å². The number of hydrogen-bond acceptors (Lipinski definition) is 3. The van der Waals surface area contributed by atoms with Crippen molar-refractivity contribution in [1.82, 2.24) is 4.31 Å². The fraction of sp³-hybridized carbons (Fsp3) is 0.455. The predicted octanol–water partition coefficient (Wildman–Crippen LogP) is 1.29. The number of nitrogens with zero attached hydrogens (tertiary/aromatic N) is 2. The molecule has 0 unspecified atom stereocenters. The van der Waals surface area contributed by atoms with Gasteiger partial charge in [-0.3, -0.25) is 4.31 Å². The van der Waals surface area contributed by atoms with Gasteiger partial charge in [0, 0.05) is 20.1 Å². The van der Waals surface area contributed by atoms with Crippen molar-refractivity contribution in [2.75, 3.05) is 30.2 Å². The SMILES string of the molecule is CCN(CC)S(=O)(=O)N(C)c1ccccc1N. The molecule has 17 heavy (non-hydrogen) atoms. The van der Waals surface area contributed by atoms with E-state index >= 15 is 0 Å². The van der Waals surface area contributed by atoms with Crippen molar-refractivity contribution in [3.8, 4) is 0 Å². The van der Waals surface area contributed by atoms with Gasteiger partial charge in [0.05, 0.1) is 11.4 Å². The van der Waals surface area contributed by atoms with Crippen LogP contribution in [0.1, 0.15) is 13.8 Å². The molecule has 0 bridgehead atoms. The van der Waals surface area contributed by atoms with E-state index < -0.39 is 10.2 Å². The molecule has 0 amide bonds. The second-order valence-corrected chi connectivity index (χ2v) is 5.58. The highest BCUT2D eigenvalue weighted by Crippen LogP contribution is 2.24. The average molecular weight is 257 g/mol. The largest absolute Gasteiger partial charge is 0.397 e. The van der Waals surface area contributed by atoms with Crippen molar-refractivity contribution in [2.45, 2.75) is 13.8 Å². The van der Waals surface area contributed by atoms with Gasteiger partial charge in [-0.2, -0.15) is 12.7 Å². The minimum atomic E-state index is -3.49. The fourth-order valence-corrected chi connectivity index (χ4v) is 3.04. The van der Waals surface area contributed by atoms with Crippen molar-refractivity contribution in [1.29, 1.82) is 0 Å². The lowest BCUT2D eigenvalue weighted by Crippen LogP contribution is -2.42. The van der Waals surface area contributed by atoms with Crippen molar-refractivity contribution < 1.29 is 8.42 Å². The minimum absolute atomic E-state index is 0.440. The van der Waals surface area contributed by atoms with Gasteiger partial charge in [-0.1, -0.05) is 26.0 Å². The third kappa shape index (κ3) is 2.70. The Morgan fingerprint density at radius 3 is 2.18 bits per heavy atom. The summed E-state index contributed by atoms with van der Waals surface area (Å²) in [5, 5.41) is 0. The maximum Gasteiger partial charge on any atom is 0.303 e. The molecule has 0 aliphatic heterocycles. The number of para-hydroxylation sites is 2. The van der Waals surface area contributed by atoms with Gasteiger partial charge < -0.3 is 5.73 Å². The highest BCUT2D eigenvalue weighted by atomic mass is 32.2. The molecule has 1 rings (SSSR count). The summed E-state index contributed by atoms with van der Waals surface area (Å²) in [6.07, 6.45) is 0. The normalized spacial score (nSPS) is 11.8. The molecule has 0 atom stereocenters. The smallest absolute Gasteiger partial charge is 0.303 e. The molecule has 0 radical (unpaired) electrons. The van der Waals surface area contributed by atoms with Crippen LogP contribution < -0.4 is 10.0 Å². The van der Waals surface area contributed by atoms with Crippen LogP contribution in [0.15, 0.2) is 24.3 Å². The van der Waals surface area contributed by atoms with Crippen LogP contribution in [-0.2, 0) is 10.2 Å². The van der Waals surface area contributed by atoms with E-state index in [4.69, 9.17) is 5.73 Å². The lowest BCUT2D eigenvalue weighted by Gasteiger charge is -2.27. The minimum Gasteiger partial charge on any atom is -0.397 e. The topological polar surface area (TPSA) is 66.6 Å². The van der Waals surface area contributed by atoms with Gasteiger partial charge in [0.25, 0.3) is 0 Å². The zero-order chi connectivity index (χ0) is 13.1. The van der Waals surface area contributed by atoms with E-state index in [0.29, 0.717) is 24.5 Å². The first kappa shape index (κ1) is 13.8. The summed E-state index contributed by atoms with van der Waals surface area (Å²) in [5.74, 6) is 0. The number of nitrogen functional groups attached to an aromatic ring is 1. The standard InChI is InChI=1S/C11H19N3O2S/c1-4-14(5-2)17(15,16)13(3)11-9-7-6-8-10(11)12/h6-9H,4-5,12H2,1-3H3. The van der Waals surface area contributed by atoms with E-state index in [1.807, 2.05) is 13.8 Å². The Kier molecular flexibility index (Phi) is 4.36. The number of anilines is 2. The van der Waals surface area contributed by atoms with Crippen LogP contribution in [0.25, 0.3) is 0 Å². The lowest BCUT2D eigenvalue weighted by atomic mass is 10.3. The summed E-state index contributed by atoms with van der Waals surface area (Å²) in [6, 6.07) is 6.91. The molecule has 0 saturated heterocycles. The molecule has 0 spiro atoms. The summed E-state index contributed by atoms with van der Waals surface area (Å²) in [6.45, 7) is 4.50. The molecule has 0 aromatic heterocycles. The average Bonchev–Trinajstić information content (AvgIpc) is 2.30. The molecule has 2 N–H and O–H groups in total. The fourth-order valence-electron chi connectivity index (χ4n) is 1.62. The van der Waals surface area contributed by atoms with Gasteiger partial charge in [0.15, 0.2) is 0 Å². The zero-order valence-electron chi connectivity index (χ0n) is 10.4. The molecular formula is C11H19N3O2S. The number of nitrogens with two attached hydrogens (primary N) is 1. The van der Waals surface area contributed by atoms with Crippen molar-refractivity contribution in [3.05, 3.63) is 24.3 Å². The molecule has 0 aliphatic carbocycles. The second-order valence-electron chi connectivity index (χ2n) is 3.62. The Morgan fingerprint density at radius 2 is 1.71 bits per heavy atom. The maximum absolute atomic E-state index is 12.2. The van der Waals surface area contributed by atoms with Gasteiger partial charge in [-0.15, -0.1) is 0 Å². The van der Waals surface area contributed by atoms with Crippen LogP contribution >= 0.6 is 0 Å². The highest BCUT2D eigenvalue weighted by molar-refractivity contribution is 7.90. The third-order valence-corrected chi connectivity index (χ3v) is 4.71. The first-order chi connectivity index (χ1) is 7.95. The molecule has 0 saturated carbocycles. The van der Waals surface area contributed by atoms with E-state index in [-0.39, 0.29) is 0 Å². The number of rotatable bonds is 5. The molecule has 6 heteroatoms. The monoisotopic (exact) mass is 257 g/mol. The summed E-state index contributed by atoms with van der Waals surface area (Å²) >= 11 is 0. The molecule has 0 aliphatic rings. The van der Waals surface area contributed by atoms with Gasteiger partial charge in [-0.25, -0.2) is 0 Å². The summed E-state index contributed by atoms with van der Waals surface area (Å²) < 4.78 is 27.1. The van der Waals surface area contributed by atoms with Crippen LogP contribution in [0.3, 0.4) is 0 Å². The van der Waals surface area contributed by atoms with Gasteiger partial charge in [-0.05, 0) is 12.1 Å². The van der Waals surface area contributed by atoms with Crippen molar-refractivity contribution in [2.24, 2.45) is 0 Å². The Balaban J connectivity index is 3.13. The van der Waals surface area contributed by atoms with E-state index in [0.717, 1.165) is 0 Å². The zero-order valence-corrected chi connectivity index (χ0v) is 11.2. The molecule has 5 nitrogen and oxygen atoms in total. The van der Waals surface area contributed by atoms with Crippen LogP contribution in [0.4, 0.5) is 11.4 Å². The Morgan fingerprint density at radius 1 is 1.18 bits per heavy atom. The Bertz CT molecular complexity index is 469. The molecule has 0 heterocycles. The molecule has 1 aromatic carbocycles. The second kappa shape index (κ2) is 5.37. The molecule has 96 valence electrons. The molecule has 0 fully saturated rings. The van der Waals surface area contributed by atoms with E-state index in [2.05, 4.69) is 0 Å². The third-order valence-electron chi connectivity index (χ3n) is 2.65. The van der Waals surface area contributed by atoms with Gasteiger partial charge in [0.2, 0.25) is 0 Å². The Hall–Kier alpha value is -1.27. The van der Waals surface area contributed by atoms with Crippen molar-refractivity contribution >= 4 is 21.6 Å². The van der Waals surface area contributed by atoms with Crippen LogP contribution in [0.2, 0.25) is 0 Å². The predicted molar refractivity (Wildman–Crippen MR) is 71.1 cm³/mol. The quantitative estimate of drug-likeness (QED) is 0.808. The van der Waals surface area contributed by atoms with Gasteiger partial charge in [0.1, 0.15) is 0 Å². The van der Waals surface area contributed by atoms with Crippen LogP contribution in [-0.4, -0.2) is 32.9 Å².